The summed E-state index contributed by atoms with van der Waals surface area (Å²) in [5, 5.41) is 0. The monoisotopic (exact) mass is 351 g/mol. The highest BCUT2D eigenvalue weighted by atomic mass is 19.1. The Labute approximate surface area is 150 Å². The van der Waals surface area contributed by atoms with E-state index in [1.165, 1.54) is 12.1 Å². The molecule has 6 heteroatoms. The summed E-state index contributed by atoms with van der Waals surface area (Å²) in [5.41, 5.74) is 2.42. The predicted octanol–water partition coefficient (Wildman–Crippen LogP) is 3.24. The standard InChI is InChI=1S/C20H18FN3O2/c1-26-17-7-5-14(6-8-17)10-24-12-19-22-18(11-23(19)13-20(24)25)15-3-2-4-16(21)9-15/h2-9,11H,10,12-13H2,1H3. The van der Waals surface area contributed by atoms with E-state index in [4.69, 9.17) is 4.74 Å². The lowest BCUT2D eigenvalue weighted by Gasteiger charge is -2.27. The zero-order chi connectivity index (χ0) is 18.1. The quantitative estimate of drug-likeness (QED) is 0.725. The molecular weight excluding hydrogens is 333 g/mol. The van der Waals surface area contributed by atoms with Gasteiger partial charge in [0.1, 0.15) is 23.9 Å². The van der Waals surface area contributed by atoms with Gasteiger partial charge in [-0.05, 0) is 29.8 Å². The van der Waals surface area contributed by atoms with Crippen molar-refractivity contribution in [1.82, 2.24) is 14.5 Å². The van der Waals surface area contributed by atoms with Crippen molar-refractivity contribution in [3.05, 3.63) is 71.9 Å². The highest BCUT2D eigenvalue weighted by Gasteiger charge is 2.25. The second-order valence-corrected chi connectivity index (χ2v) is 6.28. The molecule has 0 unspecified atom stereocenters. The SMILES string of the molecule is COc1ccc(CN2Cc3nc(-c4cccc(F)c4)cn3CC2=O)cc1. The van der Waals surface area contributed by atoms with Crippen molar-refractivity contribution in [2.24, 2.45) is 0 Å². The molecule has 1 aromatic heterocycles. The molecule has 0 bridgehead atoms. The van der Waals surface area contributed by atoms with Crippen LogP contribution < -0.4 is 4.74 Å². The number of methoxy groups -OCH3 is 1. The molecule has 0 aliphatic carbocycles. The molecule has 1 amide bonds. The number of benzene rings is 2. The zero-order valence-corrected chi connectivity index (χ0v) is 14.4. The number of carbonyl (C=O) groups is 1. The number of imidazole rings is 1. The zero-order valence-electron chi connectivity index (χ0n) is 14.4. The molecule has 0 saturated heterocycles. The van der Waals surface area contributed by atoms with Gasteiger partial charge in [0.15, 0.2) is 0 Å². The molecule has 0 N–H and O–H groups in total. The van der Waals surface area contributed by atoms with E-state index in [-0.39, 0.29) is 18.3 Å². The fourth-order valence-corrected chi connectivity index (χ4v) is 3.10. The van der Waals surface area contributed by atoms with Crippen LogP contribution in [-0.4, -0.2) is 27.5 Å². The maximum absolute atomic E-state index is 13.5. The molecule has 0 fully saturated rings. The highest BCUT2D eigenvalue weighted by molar-refractivity contribution is 5.77. The van der Waals surface area contributed by atoms with Crippen LogP contribution in [0.4, 0.5) is 4.39 Å². The van der Waals surface area contributed by atoms with E-state index in [9.17, 15) is 9.18 Å². The van der Waals surface area contributed by atoms with Gasteiger partial charge in [0.2, 0.25) is 5.91 Å². The normalized spacial score (nSPS) is 13.6. The minimum atomic E-state index is -0.300. The number of carbonyl (C=O) groups excluding carboxylic acids is 1. The largest absolute Gasteiger partial charge is 0.497 e. The number of hydrogen-bond donors (Lipinski definition) is 0. The van der Waals surface area contributed by atoms with Gasteiger partial charge in [-0.25, -0.2) is 9.37 Å². The minimum absolute atomic E-state index is 0.0384. The van der Waals surface area contributed by atoms with E-state index in [0.29, 0.717) is 24.3 Å². The van der Waals surface area contributed by atoms with Crippen LogP contribution >= 0.6 is 0 Å². The number of rotatable bonds is 4. The van der Waals surface area contributed by atoms with E-state index < -0.39 is 0 Å². The third-order valence-electron chi connectivity index (χ3n) is 4.50. The molecule has 5 nitrogen and oxygen atoms in total. The second kappa shape index (κ2) is 6.63. The van der Waals surface area contributed by atoms with Crippen LogP contribution in [0, 0.1) is 5.82 Å². The second-order valence-electron chi connectivity index (χ2n) is 6.28. The van der Waals surface area contributed by atoms with Gasteiger partial charge in [-0.15, -0.1) is 0 Å². The van der Waals surface area contributed by atoms with Gasteiger partial charge >= 0.3 is 0 Å². The Bertz CT molecular complexity index is 950. The number of ether oxygens (including phenoxy) is 1. The summed E-state index contributed by atoms with van der Waals surface area (Å²) in [7, 11) is 1.62. The number of halogens is 1. The molecule has 0 saturated carbocycles. The maximum Gasteiger partial charge on any atom is 0.243 e. The fourth-order valence-electron chi connectivity index (χ4n) is 3.10. The Morgan fingerprint density at radius 3 is 2.69 bits per heavy atom. The van der Waals surface area contributed by atoms with Gasteiger partial charge in [-0.1, -0.05) is 24.3 Å². The molecule has 2 aromatic carbocycles. The summed E-state index contributed by atoms with van der Waals surface area (Å²) in [4.78, 5) is 18.9. The van der Waals surface area contributed by atoms with Gasteiger partial charge < -0.3 is 14.2 Å². The Morgan fingerprint density at radius 1 is 1.15 bits per heavy atom. The average Bonchev–Trinajstić information content (AvgIpc) is 3.05. The van der Waals surface area contributed by atoms with Crippen LogP contribution in [0.1, 0.15) is 11.4 Å². The third kappa shape index (κ3) is 3.18. The Kier molecular flexibility index (Phi) is 4.16. The van der Waals surface area contributed by atoms with Gasteiger partial charge in [0.05, 0.1) is 19.3 Å². The molecule has 2 heterocycles. The summed E-state index contributed by atoms with van der Waals surface area (Å²) in [6.07, 6.45) is 1.81. The lowest BCUT2D eigenvalue weighted by molar-refractivity contribution is -0.134. The van der Waals surface area contributed by atoms with E-state index in [1.807, 2.05) is 41.1 Å². The van der Waals surface area contributed by atoms with Crippen molar-refractivity contribution in [3.63, 3.8) is 0 Å². The molecule has 0 radical (unpaired) electrons. The predicted molar refractivity (Wildman–Crippen MR) is 94.9 cm³/mol. The van der Waals surface area contributed by atoms with E-state index in [1.54, 1.807) is 18.1 Å². The Morgan fingerprint density at radius 2 is 1.96 bits per heavy atom. The van der Waals surface area contributed by atoms with E-state index in [0.717, 1.165) is 17.1 Å². The summed E-state index contributed by atoms with van der Waals surface area (Å²) in [6.45, 7) is 1.19. The Hall–Kier alpha value is -3.15. The smallest absolute Gasteiger partial charge is 0.243 e. The van der Waals surface area contributed by atoms with Crippen molar-refractivity contribution in [1.29, 1.82) is 0 Å². The lowest BCUT2D eigenvalue weighted by atomic mass is 10.2. The van der Waals surface area contributed by atoms with Crippen LogP contribution in [0.15, 0.2) is 54.7 Å². The van der Waals surface area contributed by atoms with Crippen molar-refractivity contribution < 1.29 is 13.9 Å². The molecule has 4 rings (SSSR count). The molecule has 0 atom stereocenters. The van der Waals surface area contributed by atoms with Gasteiger partial charge in [-0.2, -0.15) is 0 Å². The first-order valence-corrected chi connectivity index (χ1v) is 8.35. The Balaban J connectivity index is 1.55. The molecule has 1 aliphatic heterocycles. The summed E-state index contributed by atoms with van der Waals surface area (Å²) >= 11 is 0. The van der Waals surface area contributed by atoms with Gasteiger partial charge in [-0.3, -0.25) is 4.79 Å². The van der Waals surface area contributed by atoms with Crippen molar-refractivity contribution in [2.45, 2.75) is 19.6 Å². The van der Waals surface area contributed by atoms with Crippen molar-refractivity contribution in [2.75, 3.05) is 7.11 Å². The van der Waals surface area contributed by atoms with Crippen molar-refractivity contribution in [3.8, 4) is 17.0 Å². The fraction of sp³-hybridized carbons (Fsp3) is 0.200. The topological polar surface area (TPSA) is 47.4 Å². The van der Waals surface area contributed by atoms with Crippen LogP contribution in [-0.2, 0) is 24.4 Å². The lowest BCUT2D eigenvalue weighted by Crippen LogP contribution is -2.38. The highest BCUT2D eigenvalue weighted by Crippen LogP contribution is 2.23. The molecule has 26 heavy (non-hydrogen) atoms. The molecular formula is C20H18FN3O2. The number of amides is 1. The van der Waals surface area contributed by atoms with Crippen LogP contribution in [0.3, 0.4) is 0 Å². The molecule has 0 spiro atoms. The van der Waals surface area contributed by atoms with E-state index in [2.05, 4.69) is 4.98 Å². The van der Waals surface area contributed by atoms with Gasteiger partial charge in [0, 0.05) is 18.3 Å². The van der Waals surface area contributed by atoms with Gasteiger partial charge in [0.25, 0.3) is 0 Å². The summed E-state index contributed by atoms with van der Waals surface area (Å²) < 4.78 is 20.5. The summed E-state index contributed by atoms with van der Waals surface area (Å²) in [5.74, 6) is 1.33. The number of fused-ring (bicyclic) bond motifs is 1. The first kappa shape index (κ1) is 16.3. The van der Waals surface area contributed by atoms with Crippen LogP contribution in [0.2, 0.25) is 0 Å². The molecule has 3 aromatic rings. The summed E-state index contributed by atoms with van der Waals surface area (Å²) in [6, 6.07) is 14.0. The van der Waals surface area contributed by atoms with E-state index >= 15 is 0 Å². The maximum atomic E-state index is 13.5. The number of nitrogens with zero attached hydrogens (tertiary/aromatic N) is 3. The molecule has 132 valence electrons. The molecule has 1 aliphatic rings. The third-order valence-corrected chi connectivity index (χ3v) is 4.50. The minimum Gasteiger partial charge on any atom is -0.497 e. The van der Waals surface area contributed by atoms with Crippen LogP contribution in [0.5, 0.6) is 5.75 Å². The number of hydrogen-bond acceptors (Lipinski definition) is 3. The first-order chi connectivity index (χ1) is 12.6. The first-order valence-electron chi connectivity index (χ1n) is 8.35. The number of aromatic nitrogens is 2. The van der Waals surface area contributed by atoms with Crippen LogP contribution in [0.25, 0.3) is 11.3 Å². The van der Waals surface area contributed by atoms with Crippen molar-refractivity contribution >= 4 is 5.91 Å². The average molecular weight is 351 g/mol.